The molecule has 1 amide bonds. The highest BCUT2D eigenvalue weighted by Gasteiger charge is 2.33. The van der Waals surface area contributed by atoms with E-state index in [1.165, 1.54) is 6.92 Å². The van der Waals surface area contributed by atoms with Crippen LogP contribution >= 0.6 is 22.9 Å². The quantitative estimate of drug-likeness (QED) is 0.210. The van der Waals surface area contributed by atoms with Gasteiger partial charge in [0.25, 0.3) is 5.91 Å². The third kappa shape index (κ3) is 5.87. The molecule has 0 spiro atoms. The van der Waals surface area contributed by atoms with Gasteiger partial charge in [-0.1, -0.05) is 35.9 Å². The summed E-state index contributed by atoms with van der Waals surface area (Å²) >= 11 is 7.44. The first kappa shape index (κ1) is 29.2. The predicted octanol–water partition coefficient (Wildman–Crippen LogP) is 7.88. The van der Waals surface area contributed by atoms with E-state index in [1.807, 2.05) is 43.4 Å². The number of hydrogen-bond donors (Lipinski definition) is 1. The molecule has 41 heavy (non-hydrogen) atoms. The van der Waals surface area contributed by atoms with Crippen LogP contribution in [-0.2, 0) is 6.54 Å². The summed E-state index contributed by atoms with van der Waals surface area (Å²) in [4.78, 5) is 28.1. The van der Waals surface area contributed by atoms with Gasteiger partial charge in [-0.3, -0.25) is 9.59 Å². The number of ketones is 1. The van der Waals surface area contributed by atoms with E-state index in [0.29, 0.717) is 17.4 Å². The molecule has 214 valence electrons. The van der Waals surface area contributed by atoms with Crippen molar-refractivity contribution in [2.45, 2.75) is 51.2 Å². The highest BCUT2D eigenvalue weighted by molar-refractivity contribution is 7.21. The van der Waals surface area contributed by atoms with Crippen LogP contribution in [0, 0.1) is 11.6 Å². The van der Waals surface area contributed by atoms with Crippen LogP contribution in [0.3, 0.4) is 0 Å². The zero-order valence-electron chi connectivity index (χ0n) is 23.1. The molecule has 4 aromatic rings. The SMILES string of the molecule is CNC1CCC(N(Cc2cc(-c3cccc(C(C)=O)c3)ccc2OC)C(=O)c2sc3c(F)ccc(F)c3c2Cl)CC1. The largest absolute Gasteiger partial charge is 0.496 e. The first-order valence-corrected chi connectivity index (χ1v) is 14.7. The minimum absolute atomic E-state index is 0.0254. The van der Waals surface area contributed by atoms with Crippen molar-refractivity contribution in [2.24, 2.45) is 0 Å². The number of carbonyl (C=O) groups is 2. The van der Waals surface area contributed by atoms with Gasteiger partial charge in [0.05, 0.1) is 22.2 Å². The fourth-order valence-electron chi connectivity index (χ4n) is 5.59. The van der Waals surface area contributed by atoms with Crippen LogP contribution in [0.5, 0.6) is 5.75 Å². The zero-order valence-corrected chi connectivity index (χ0v) is 24.7. The predicted molar refractivity (Wildman–Crippen MR) is 160 cm³/mol. The molecular formula is C32H31ClF2N2O3S. The molecule has 0 unspecified atom stereocenters. The van der Waals surface area contributed by atoms with Gasteiger partial charge in [0.15, 0.2) is 5.78 Å². The van der Waals surface area contributed by atoms with E-state index in [2.05, 4.69) is 5.32 Å². The molecule has 1 saturated carbocycles. The van der Waals surface area contributed by atoms with E-state index in [4.69, 9.17) is 16.3 Å². The third-order valence-electron chi connectivity index (χ3n) is 7.91. The molecule has 3 aromatic carbocycles. The first-order chi connectivity index (χ1) is 19.7. The van der Waals surface area contributed by atoms with Crippen LogP contribution in [0.4, 0.5) is 8.78 Å². The summed E-state index contributed by atoms with van der Waals surface area (Å²) in [5.74, 6) is -1.06. The van der Waals surface area contributed by atoms with Gasteiger partial charge in [-0.25, -0.2) is 8.78 Å². The van der Waals surface area contributed by atoms with E-state index >= 15 is 0 Å². The van der Waals surface area contributed by atoms with Crippen molar-refractivity contribution in [1.29, 1.82) is 0 Å². The summed E-state index contributed by atoms with van der Waals surface area (Å²) in [7, 11) is 3.51. The molecule has 5 nitrogen and oxygen atoms in total. The number of Topliss-reactive ketones (excluding diaryl/α,β-unsaturated/α-hetero) is 1. The van der Waals surface area contributed by atoms with E-state index in [9.17, 15) is 18.4 Å². The Morgan fingerprint density at radius 2 is 1.73 bits per heavy atom. The maximum Gasteiger partial charge on any atom is 0.266 e. The molecule has 1 heterocycles. The number of methoxy groups -OCH3 is 1. The summed E-state index contributed by atoms with van der Waals surface area (Å²) in [6, 6.07) is 15.5. The highest BCUT2D eigenvalue weighted by Crippen LogP contribution is 2.40. The van der Waals surface area contributed by atoms with Crippen molar-refractivity contribution >= 4 is 44.7 Å². The molecule has 0 radical (unpaired) electrons. The Morgan fingerprint density at radius 3 is 2.39 bits per heavy atom. The Morgan fingerprint density at radius 1 is 1.02 bits per heavy atom. The fourth-order valence-corrected chi connectivity index (χ4v) is 7.10. The van der Waals surface area contributed by atoms with Crippen LogP contribution in [0.15, 0.2) is 54.6 Å². The van der Waals surface area contributed by atoms with Crippen molar-refractivity contribution in [1.82, 2.24) is 10.2 Å². The average Bonchev–Trinajstić information content (AvgIpc) is 3.35. The molecule has 0 saturated heterocycles. The monoisotopic (exact) mass is 596 g/mol. The molecule has 1 aromatic heterocycles. The van der Waals surface area contributed by atoms with E-state index < -0.39 is 11.6 Å². The summed E-state index contributed by atoms with van der Waals surface area (Å²) in [6.07, 6.45) is 3.32. The van der Waals surface area contributed by atoms with Crippen molar-refractivity contribution in [3.63, 3.8) is 0 Å². The number of carbonyl (C=O) groups excluding carboxylic acids is 2. The second-order valence-electron chi connectivity index (χ2n) is 10.4. The smallest absolute Gasteiger partial charge is 0.266 e. The molecule has 1 aliphatic rings. The lowest BCUT2D eigenvalue weighted by Crippen LogP contribution is -2.44. The topological polar surface area (TPSA) is 58.6 Å². The number of halogens is 3. The lowest BCUT2D eigenvalue weighted by Gasteiger charge is -2.37. The second-order valence-corrected chi connectivity index (χ2v) is 11.8. The fraction of sp³-hybridized carbons (Fsp3) is 0.312. The van der Waals surface area contributed by atoms with Gasteiger partial charge in [0.2, 0.25) is 0 Å². The Labute approximate surface area is 247 Å². The van der Waals surface area contributed by atoms with E-state index in [0.717, 1.165) is 65.8 Å². The molecule has 9 heteroatoms. The first-order valence-electron chi connectivity index (χ1n) is 13.5. The van der Waals surface area contributed by atoms with Gasteiger partial charge in [0.1, 0.15) is 22.3 Å². The van der Waals surface area contributed by atoms with Crippen molar-refractivity contribution in [3.8, 4) is 16.9 Å². The lowest BCUT2D eigenvalue weighted by molar-refractivity contribution is 0.0604. The Hall–Kier alpha value is -3.33. The average molecular weight is 597 g/mol. The summed E-state index contributed by atoms with van der Waals surface area (Å²) in [6.45, 7) is 1.74. The van der Waals surface area contributed by atoms with Crippen LogP contribution in [0.1, 0.15) is 58.2 Å². The van der Waals surface area contributed by atoms with Gasteiger partial charge in [0, 0.05) is 29.8 Å². The van der Waals surface area contributed by atoms with Crippen LogP contribution < -0.4 is 10.1 Å². The van der Waals surface area contributed by atoms with Crippen LogP contribution in [0.2, 0.25) is 5.02 Å². The number of ether oxygens (including phenoxy) is 1. The number of fused-ring (bicyclic) bond motifs is 1. The van der Waals surface area contributed by atoms with Crippen LogP contribution in [0.25, 0.3) is 21.2 Å². The number of benzene rings is 3. The lowest BCUT2D eigenvalue weighted by atomic mass is 9.89. The number of nitrogens with zero attached hydrogens (tertiary/aromatic N) is 1. The minimum Gasteiger partial charge on any atom is -0.496 e. The van der Waals surface area contributed by atoms with E-state index in [1.54, 1.807) is 18.1 Å². The standard InChI is InChI=1S/C32H31ClF2N2O3S/c1-18(38)19-5-4-6-20(15-19)21-7-14-27(40-3)22(16-21)17-37(24-10-8-23(36-2)9-11-24)32(39)31-29(33)28-25(34)12-13-26(35)30(28)41-31/h4-7,12-16,23-24,36H,8-11,17H2,1-3H3. The molecule has 0 aliphatic heterocycles. The van der Waals surface area contributed by atoms with E-state index in [-0.39, 0.29) is 44.3 Å². The Bertz CT molecular complexity index is 1610. The van der Waals surface area contributed by atoms with Gasteiger partial charge in [-0.05, 0) is 81.1 Å². The molecule has 1 N–H and O–H groups in total. The number of hydrogen-bond acceptors (Lipinski definition) is 5. The van der Waals surface area contributed by atoms with Gasteiger partial charge < -0.3 is 15.0 Å². The third-order valence-corrected chi connectivity index (χ3v) is 9.58. The highest BCUT2D eigenvalue weighted by atomic mass is 35.5. The number of rotatable bonds is 8. The Kier molecular flexibility index (Phi) is 8.73. The molecular weight excluding hydrogens is 566 g/mol. The van der Waals surface area contributed by atoms with Crippen molar-refractivity contribution in [3.05, 3.63) is 87.3 Å². The maximum absolute atomic E-state index is 14.7. The molecule has 5 rings (SSSR count). The number of amides is 1. The summed E-state index contributed by atoms with van der Waals surface area (Å²) in [5.41, 5.74) is 3.13. The summed E-state index contributed by atoms with van der Waals surface area (Å²) in [5, 5.41) is 3.19. The Balaban J connectivity index is 1.56. The van der Waals surface area contributed by atoms with Crippen molar-refractivity contribution in [2.75, 3.05) is 14.2 Å². The van der Waals surface area contributed by atoms with Gasteiger partial charge in [-0.2, -0.15) is 0 Å². The molecule has 1 fully saturated rings. The molecule has 0 bridgehead atoms. The normalized spacial score (nSPS) is 17.0. The molecule has 1 aliphatic carbocycles. The summed E-state index contributed by atoms with van der Waals surface area (Å²) < 4.78 is 35.0. The van der Waals surface area contributed by atoms with Gasteiger partial charge in [-0.15, -0.1) is 11.3 Å². The number of thiophene rings is 1. The molecule has 0 atom stereocenters. The number of nitrogens with one attached hydrogen (secondary N) is 1. The van der Waals surface area contributed by atoms with Crippen LogP contribution in [-0.4, -0.2) is 42.8 Å². The zero-order chi connectivity index (χ0) is 29.3. The van der Waals surface area contributed by atoms with Crippen molar-refractivity contribution < 1.29 is 23.1 Å². The second kappa shape index (κ2) is 12.3. The minimum atomic E-state index is -0.662. The maximum atomic E-state index is 14.7. The van der Waals surface area contributed by atoms with Gasteiger partial charge >= 0.3 is 0 Å².